The van der Waals surface area contributed by atoms with E-state index in [2.05, 4.69) is 10.5 Å². The molecule has 0 radical (unpaired) electrons. The lowest BCUT2D eigenvalue weighted by Crippen LogP contribution is -2.22. The van der Waals surface area contributed by atoms with E-state index in [1.165, 1.54) is 12.1 Å². The Morgan fingerprint density at radius 1 is 1.53 bits per heavy atom. The second-order valence-corrected chi connectivity index (χ2v) is 6.36. The van der Waals surface area contributed by atoms with Crippen molar-refractivity contribution >= 4 is 15.7 Å². The minimum absolute atomic E-state index is 0.00315. The molecule has 8 heteroatoms. The number of nitrogens with zero attached hydrogens (tertiary/aromatic N) is 1. The maximum Gasteiger partial charge on any atom is 0.170 e. The highest BCUT2D eigenvalue weighted by Crippen LogP contribution is 2.10. The summed E-state index contributed by atoms with van der Waals surface area (Å²) >= 11 is 0. The first-order chi connectivity index (χ1) is 8.83. The molecule has 1 rings (SSSR count). The second-order valence-electron chi connectivity index (χ2n) is 4.10. The minimum atomic E-state index is -3.03. The largest absolute Gasteiger partial charge is 0.409 e. The van der Waals surface area contributed by atoms with Gasteiger partial charge in [-0.1, -0.05) is 17.3 Å². The number of rotatable bonds is 6. The van der Waals surface area contributed by atoms with E-state index in [1.807, 2.05) is 0 Å². The molecule has 4 N–H and O–H groups in total. The van der Waals surface area contributed by atoms with E-state index in [0.29, 0.717) is 5.56 Å². The lowest BCUT2D eigenvalue weighted by atomic mass is 10.1. The van der Waals surface area contributed by atoms with E-state index in [4.69, 9.17) is 10.9 Å². The summed E-state index contributed by atoms with van der Waals surface area (Å²) in [6.07, 6.45) is 1.14. The summed E-state index contributed by atoms with van der Waals surface area (Å²) in [6, 6.07) is 4.17. The molecule has 1 aromatic rings. The van der Waals surface area contributed by atoms with Crippen LogP contribution in [0.15, 0.2) is 23.4 Å². The summed E-state index contributed by atoms with van der Waals surface area (Å²) in [7, 11) is -3.03. The van der Waals surface area contributed by atoms with Crippen LogP contribution in [0.1, 0.15) is 11.1 Å². The third kappa shape index (κ3) is 5.23. The number of nitrogens with two attached hydrogens (primary N) is 1. The van der Waals surface area contributed by atoms with Crippen LogP contribution in [-0.4, -0.2) is 38.0 Å². The Balaban J connectivity index is 2.61. The zero-order valence-corrected chi connectivity index (χ0v) is 11.2. The number of nitrogens with one attached hydrogen (secondary N) is 1. The summed E-state index contributed by atoms with van der Waals surface area (Å²) in [6.45, 7) is 0.456. The van der Waals surface area contributed by atoms with Gasteiger partial charge in [-0.2, -0.15) is 0 Å². The van der Waals surface area contributed by atoms with Crippen molar-refractivity contribution in [1.82, 2.24) is 5.32 Å². The number of sulfone groups is 1. The molecule has 0 aromatic heterocycles. The third-order valence-electron chi connectivity index (χ3n) is 2.42. The van der Waals surface area contributed by atoms with E-state index in [9.17, 15) is 12.8 Å². The molecule has 6 nitrogen and oxygen atoms in total. The standard InChI is InChI=1S/C11H16FN3O3S/c1-19(17,18)5-4-14-7-9-3-2-8(6-10(9)12)11(13)15-16/h2-3,6,14,16H,4-5,7H2,1H3,(H2,13,15). The van der Waals surface area contributed by atoms with Crippen molar-refractivity contribution in [3.8, 4) is 0 Å². The van der Waals surface area contributed by atoms with E-state index in [0.717, 1.165) is 12.3 Å². The van der Waals surface area contributed by atoms with Crippen LogP contribution < -0.4 is 11.1 Å². The molecule has 0 heterocycles. The van der Waals surface area contributed by atoms with Gasteiger partial charge in [0.15, 0.2) is 5.84 Å². The van der Waals surface area contributed by atoms with Crippen molar-refractivity contribution in [3.63, 3.8) is 0 Å². The molecule has 0 aliphatic rings. The molecule has 0 amide bonds. The van der Waals surface area contributed by atoms with Crippen LogP contribution in [-0.2, 0) is 16.4 Å². The first kappa shape index (κ1) is 15.4. The summed E-state index contributed by atoms with van der Waals surface area (Å²) < 4.78 is 35.5. The Morgan fingerprint density at radius 2 is 2.21 bits per heavy atom. The normalized spacial score (nSPS) is 12.6. The van der Waals surface area contributed by atoms with Crippen molar-refractivity contribution < 1.29 is 18.0 Å². The summed E-state index contributed by atoms with van der Waals surface area (Å²) in [4.78, 5) is 0. The number of hydrogen-bond acceptors (Lipinski definition) is 5. The van der Waals surface area contributed by atoms with E-state index in [1.54, 1.807) is 0 Å². The van der Waals surface area contributed by atoms with E-state index >= 15 is 0 Å². The highest BCUT2D eigenvalue weighted by Gasteiger charge is 2.07. The molecule has 19 heavy (non-hydrogen) atoms. The van der Waals surface area contributed by atoms with Gasteiger partial charge in [0, 0.05) is 30.5 Å². The summed E-state index contributed by atoms with van der Waals surface area (Å²) in [5.41, 5.74) is 5.99. The maximum absolute atomic E-state index is 13.7. The fourth-order valence-corrected chi connectivity index (χ4v) is 1.90. The molecular weight excluding hydrogens is 273 g/mol. The van der Waals surface area contributed by atoms with Crippen molar-refractivity contribution in [2.75, 3.05) is 18.6 Å². The first-order valence-corrected chi connectivity index (χ1v) is 7.54. The van der Waals surface area contributed by atoms with Crippen LogP contribution in [0.25, 0.3) is 0 Å². The summed E-state index contributed by atoms with van der Waals surface area (Å²) in [5, 5.41) is 14.1. The van der Waals surface area contributed by atoms with Crippen LogP contribution in [0.5, 0.6) is 0 Å². The van der Waals surface area contributed by atoms with Gasteiger partial charge < -0.3 is 16.3 Å². The number of oxime groups is 1. The van der Waals surface area contributed by atoms with Crippen LogP contribution >= 0.6 is 0 Å². The molecule has 0 aliphatic heterocycles. The minimum Gasteiger partial charge on any atom is -0.409 e. The lowest BCUT2D eigenvalue weighted by Gasteiger charge is -2.07. The van der Waals surface area contributed by atoms with Crippen molar-refractivity contribution in [3.05, 3.63) is 35.1 Å². The highest BCUT2D eigenvalue weighted by atomic mass is 32.2. The van der Waals surface area contributed by atoms with Crippen LogP contribution in [0.2, 0.25) is 0 Å². The number of amidine groups is 1. The van der Waals surface area contributed by atoms with Crippen LogP contribution in [0.4, 0.5) is 4.39 Å². The average molecular weight is 289 g/mol. The van der Waals surface area contributed by atoms with E-state index in [-0.39, 0.29) is 30.2 Å². The Labute approximate surface area is 111 Å². The molecule has 0 aliphatic carbocycles. The van der Waals surface area contributed by atoms with Gasteiger partial charge in [-0.15, -0.1) is 0 Å². The maximum atomic E-state index is 13.7. The monoisotopic (exact) mass is 289 g/mol. The first-order valence-electron chi connectivity index (χ1n) is 5.48. The quantitative estimate of drug-likeness (QED) is 0.226. The number of hydrogen-bond donors (Lipinski definition) is 3. The smallest absolute Gasteiger partial charge is 0.170 e. The van der Waals surface area contributed by atoms with Crippen molar-refractivity contribution in [2.45, 2.75) is 6.54 Å². The SMILES string of the molecule is CS(=O)(=O)CCNCc1ccc(C(N)=NO)cc1F. The van der Waals surface area contributed by atoms with Gasteiger partial charge in [0.05, 0.1) is 5.75 Å². The topological polar surface area (TPSA) is 105 Å². The number of benzene rings is 1. The van der Waals surface area contributed by atoms with Crippen molar-refractivity contribution in [2.24, 2.45) is 10.9 Å². The average Bonchev–Trinajstić information content (AvgIpc) is 2.33. The Hall–Kier alpha value is -1.67. The Kier molecular flexibility index (Phi) is 5.25. The molecule has 0 spiro atoms. The zero-order valence-electron chi connectivity index (χ0n) is 10.4. The van der Waals surface area contributed by atoms with Gasteiger partial charge in [0.1, 0.15) is 15.7 Å². The molecule has 0 saturated heterocycles. The third-order valence-corrected chi connectivity index (χ3v) is 3.37. The Bertz CT molecular complexity index is 573. The van der Waals surface area contributed by atoms with Crippen LogP contribution in [0.3, 0.4) is 0 Å². The van der Waals surface area contributed by atoms with Crippen LogP contribution in [0, 0.1) is 5.82 Å². The predicted molar refractivity (Wildman–Crippen MR) is 70.3 cm³/mol. The fourth-order valence-electron chi connectivity index (χ4n) is 1.39. The molecule has 0 fully saturated rings. The van der Waals surface area contributed by atoms with Gasteiger partial charge in [0.25, 0.3) is 0 Å². The number of halogens is 1. The molecule has 0 unspecified atom stereocenters. The van der Waals surface area contributed by atoms with Gasteiger partial charge in [-0.25, -0.2) is 12.8 Å². The lowest BCUT2D eigenvalue weighted by molar-refractivity contribution is 0.318. The highest BCUT2D eigenvalue weighted by molar-refractivity contribution is 7.90. The molecule has 0 bridgehead atoms. The molecule has 1 aromatic carbocycles. The van der Waals surface area contributed by atoms with Gasteiger partial charge >= 0.3 is 0 Å². The molecule has 0 saturated carbocycles. The molecular formula is C11H16FN3O3S. The predicted octanol–water partition coefficient (Wildman–Crippen LogP) is 0.0544. The fraction of sp³-hybridized carbons (Fsp3) is 0.364. The van der Waals surface area contributed by atoms with Crippen molar-refractivity contribution in [1.29, 1.82) is 0 Å². The summed E-state index contributed by atoms with van der Waals surface area (Å²) in [5.74, 6) is -0.678. The van der Waals surface area contributed by atoms with E-state index < -0.39 is 15.7 Å². The van der Waals surface area contributed by atoms with Gasteiger partial charge in [-0.3, -0.25) is 0 Å². The van der Waals surface area contributed by atoms with Gasteiger partial charge in [0.2, 0.25) is 0 Å². The molecule has 106 valence electrons. The zero-order chi connectivity index (χ0) is 14.5. The molecule has 0 atom stereocenters. The van der Waals surface area contributed by atoms with Gasteiger partial charge in [-0.05, 0) is 6.07 Å². The second kappa shape index (κ2) is 6.48. The Morgan fingerprint density at radius 3 is 2.74 bits per heavy atom.